The van der Waals surface area contributed by atoms with Crippen molar-refractivity contribution in [1.29, 1.82) is 0 Å². The number of halogens is 3. The molecule has 2 aromatic rings. The van der Waals surface area contributed by atoms with Crippen molar-refractivity contribution in [2.75, 3.05) is 11.9 Å². The SMILES string of the molecule is O=C(O)C[C@H](CC(=O)Nc1ccc(CC(=O)NCC(F)(F)F)cc1)c1cccs1. The lowest BCUT2D eigenvalue weighted by molar-refractivity contribution is -0.138. The van der Waals surface area contributed by atoms with Gasteiger partial charge in [-0.05, 0) is 29.1 Å². The molecule has 0 aliphatic heterocycles. The van der Waals surface area contributed by atoms with Crippen LogP contribution < -0.4 is 10.6 Å². The number of nitrogens with one attached hydrogen (secondary N) is 2. The van der Waals surface area contributed by atoms with Crippen LogP contribution in [0.2, 0.25) is 0 Å². The van der Waals surface area contributed by atoms with Crippen LogP contribution in [0.1, 0.15) is 29.2 Å². The molecule has 1 aromatic carbocycles. The first-order valence-corrected chi connectivity index (χ1v) is 9.48. The predicted molar refractivity (Wildman–Crippen MR) is 102 cm³/mol. The fourth-order valence-electron chi connectivity index (χ4n) is 2.60. The second kappa shape index (κ2) is 10.1. The van der Waals surface area contributed by atoms with Crippen LogP contribution in [0, 0.1) is 0 Å². The summed E-state index contributed by atoms with van der Waals surface area (Å²) < 4.78 is 36.3. The summed E-state index contributed by atoms with van der Waals surface area (Å²) >= 11 is 1.38. The first kappa shape index (κ1) is 22.4. The monoisotopic (exact) mass is 428 g/mol. The fourth-order valence-corrected chi connectivity index (χ4v) is 3.43. The molecule has 2 rings (SSSR count). The van der Waals surface area contributed by atoms with Gasteiger partial charge in [0.05, 0.1) is 12.8 Å². The third-order valence-electron chi connectivity index (χ3n) is 3.89. The van der Waals surface area contributed by atoms with E-state index in [1.54, 1.807) is 17.4 Å². The van der Waals surface area contributed by atoms with Crippen molar-refractivity contribution in [2.24, 2.45) is 0 Å². The number of hydrogen-bond acceptors (Lipinski definition) is 4. The number of carboxylic acids is 1. The standard InChI is InChI=1S/C19H19F3N2O4S/c20-19(21,22)11-23-16(25)8-12-3-5-14(6-4-12)24-17(26)9-13(10-18(27)28)15-2-1-7-29-15/h1-7,13H,8-11H2,(H,23,25)(H,24,26)(H,27,28)/t13-/m0/s1. The lowest BCUT2D eigenvalue weighted by Crippen LogP contribution is -2.34. The summed E-state index contributed by atoms with van der Waals surface area (Å²) in [5.74, 6) is -2.56. The Bertz CT molecular complexity index is 836. The van der Waals surface area contributed by atoms with E-state index < -0.39 is 30.5 Å². The molecule has 1 aromatic heterocycles. The quantitative estimate of drug-likeness (QED) is 0.569. The maximum absolute atomic E-state index is 12.3. The highest BCUT2D eigenvalue weighted by Crippen LogP contribution is 2.28. The molecule has 10 heteroatoms. The number of carboxylic acid groups (broad SMARTS) is 1. The average Bonchev–Trinajstić information content (AvgIpc) is 3.15. The van der Waals surface area contributed by atoms with E-state index in [0.717, 1.165) is 4.88 Å². The van der Waals surface area contributed by atoms with Gasteiger partial charge >= 0.3 is 12.1 Å². The normalized spacial score (nSPS) is 12.2. The van der Waals surface area contributed by atoms with Crippen molar-refractivity contribution >= 4 is 34.8 Å². The van der Waals surface area contributed by atoms with Gasteiger partial charge in [-0.2, -0.15) is 13.2 Å². The van der Waals surface area contributed by atoms with Gasteiger partial charge in [0.1, 0.15) is 6.54 Å². The molecule has 156 valence electrons. The van der Waals surface area contributed by atoms with E-state index in [2.05, 4.69) is 5.32 Å². The summed E-state index contributed by atoms with van der Waals surface area (Å²) in [5, 5.41) is 15.3. The van der Waals surface area contributed by atoms with Gasteiger partial charge in [-0.15, -0.1) is 11.3 Å². The van der Waals surface area contributed by atoms with Crippen LogP contribution in [0.3, 0.4) is 0 Å². The predicted octanol–water partition coefficient (Wildman–Crippen LogP) is 3.56. The van der Waals surface area contributed by atoms with Gasteiger partial charge < -0.3 is 15.7 Å². The van der Waals surface area contributed by atoms with E-state index in [9.17, 15) is 27.6 Å². The summed E-state index contributed by atoms with van der Waals surface area (Å²) in [5.41, 5.74) is 0.930. The zero-order chi connectivity index (χ0) is 21.4. The van der Waals surface area contributed by atoms with Crippen molar-refractivity contribution < 1.29 is 32.7 Å². The van der Waals surface area contributed by atoms with Gasteiger partial charge in [0.15, 0.2) is 0 Å². The van der Waals surface area contributed by atoms with Crippen LogP contribution in [-0.4, -0.2) is 35.6 Å². The first-order valence-electron chi connectivity index (χ1n) is 8.60. The number of carbonyl (C=O) groups excluding carboxylic acids is 2. The molecule has 0 saturated carbocycles. The van der Waals surface area contributed by atoms with Gasteiger partial charge in [0.25, 0.3) is 0 Å². The summed E-state index contributed by atoms with van der Waals surface area (Å²) in [6.45, 7) is -1.39. The number of amides is 2. The number of anilines is 1. The number of benzene rings is 1. The van der Waals surface area contributed by atoms with Crippen molar-refractivity contribution in [2.45, 2.75) is 31.4 Å². The third-order valence-corrected chi connectivity index (χ3v) is 4.92. The maximum atomic E-state index is 12.3. The molecule has 1 atom stereocenters. The van der Waals surface area contributed by atoms with E-state index >= 15 is 0 Å². The number of alkyl halides is 3. The lowest BCUT2D eigenvalue weighted by atomic mass is 9.99. The Morgan fingerprint density at radius 1 is 1.03 bits per heavy atom. The number of rotatable bonds is 9. The Balaban J connectivity index is 1.89. The van der Waals surface area contributed by atoms with Crippen molar-refractivity contribution in [3.8, 4) is 0 Å². The topological polar surface area (TPSA) is 95.5 Å². The molecule has 0 spiro atoms. The number of hydrogen-bond donors (Lipinski definition) is 3. The Morgan fingerprint density at radius 3 is 2.28 bits per heavy atom. The van der Waals surface area contributed by atoms with E-state index in [4.69, 9.17) is 5.11 Å². The third kappa shape index (κ3) is 8.34. The minimum atomic E-state index is -4.47. The zero-order valence-corrected chi connectivity index (χ0v) is 16.0. The molecule has 0 saturated heterocycles. The van der Waals surface area contributed by atoms with Crippen LogP contribution >= 0.6 is 11.3 Å². The summed E-state index contributed by atoms with van der Waals surface area (Å²) in [4.78, 5) is 35.6. The summed E-state index contributed by atoms with van der Waals surface area (Å²) in [6.07, 6.45) is -4.86. The molecule has 3 N–H and O–H groups in total. The second-order valence-electron chi connectivity index (χ2n) is 6.33. The van der Waals surface area contributed by atoms with Crippen molar-refractivity contribution in [3.05, 3.63) is 52.2 Å². The van der Waals surface area contributed by atoms with Crippen LogP contribution in [0.15, 0.2) is 41.8 Å². The summed E-state index contributed by atoms with van der Waals surface area (Å²) in [7, 11) is 0. The number of aliphatic carboxylic acids is 1. The molecule has 0 aliphatic rings. The molecule has 0 bridgehead atoms. The maximum Gasteiger partial charge on any atom is 0.405 e. The smallest absolute Gasteiger partial charge is 0.405 e. The molecular formula is C19H19F3N2O4S. The minimum Gasteiger partial charge on any atom is -0.481 e. The van der Waals surface area contributed by atoms with Gasteiger partial charge in [-0.25, -0.2) is 0 Å². The number of carbonyl (C=O) groups is 3. The Morgan fingerprint density at radius 2 is 1.72 bits per heavy atom. The van der Waals surface area contributed by atoms with Gasteiger partial charge in [-0.3, -0.25) is 14.4 Å². The highest BCUT2D eigenvalue weighted by Gasteiger charge is 2.27. The molecule has 0 fully saturated rings. The molecule has 1 heterocycles. The summed E-state index contributed by atoms with van der Waals surface area (Å²) in [6, 6.07) is 9.68. The molecule has 0 aliphatic carbocycles. The van der Waals surface area contributed by atoms with Crippen molar-refractivity contribution in [1.82, 2.24) is 5.32 Å². The van der Waals surface area contributed by atoms with Crippen LogP contribution in [0.4, 0.5) is 18.9 Å². The molecule has 29 heavy (non-hydrogen) atoms. The van der Waals surface area contributed by atoms with Gasteiger partial charge in [0, 0.05) is 22.9 Å². The Kier molecular flexibility index (Phi) is 7.77. The molecule has 2 amide bonds. The molecule has 0 unspecified atom stereocenters. The van der Waals surface area contributed by atoms with E-state index in [1.807, 2.05) is 5.38 Å². The Labute approximate surface area is 168 Å². The van der Waals surface area contributed by atoms with Crippen LogP contribution in [-0.2, 0) is 20.8 Å². The highest BCUT2D eigenvalue weighted by atomic mass is 32.1. The minimum absolute atomic E-state index is 0.00554. The van der Waals surface area contributed by atoms with Crippen LogP contribution in [0.5, 0.6) is 0 Å². The highest BCUT2D eigenvalue weighted by molar-refractivity contribution is 7.10. The molecule has 6 nitrogen and oxygen atoms in total. The largest absolute Gasteiger partial charge is 0.481 e. The molecule has 0 radical (unpaired) electrons. The molecular weight excluding hydrogens is 409 g/mol. The Hall–Kier alpha value is -2.88. The van der Waals surface area contributed by atoms with Crippen LogP contribution in [0.25, 0.3) is 0 Å². The lowest BCUT2D eigenvalue weighted by Gasteiger charge is -2.13. The second-order valence-corrected chi connectivity index (χ2v) is 7.31. The zero-order valence-electron chi connectivity index (χ0n) is 15.2. The van der Waals surface area contributed by atoms with E-state index in [0.29, 0.717) is 11.3 Å². The van der Waals surface area contributed by atoms with Crippen molar-refractivity contribution in [3.63, 3.8) is 0 Å². The first-order chi connectivity index (χ1) is 13.6. The average molecular weight is 428 g/mol. The van der Waals surface area contributed by atoms with E-state index in [1.165, 1.54) is 35.6 Å². The fraction of sp³-hybridized carbons (Fsp3) is 0.316. The van der Waals surface area contributed by atoms with E-state index in [-0.39, 0.29) is 25.2 Å². The van der Waals surface area contributed by atoms with Gasteiger partial charge in [-0.1, -0.05) is 18.2 Å². The van der Waals surface area contributed by atoms with Gasteiger partial charge in [0.2, 0.25) is 11.8 Å². The number of thiophene rings is 1.